The monoisotopic (exact) mass is 268 g/mol. The Labute approximate surface area is 104 Å². The number of hydrogen-bond acceptors (Lipinski definition) is 5. The third-order valence-electron chi connectivity index (χ3n) is 2.17. The van der Waals surface area contributed by atoms with E-state index in [-0.39, 0.29) is 12.4 Å². The molecule has 0 fully saturated rings. The van der Waals surface area contributed by atoms with E-state index in [1.165, 1.54) is 7.05 Å². The second-order valence-corrected chi connectivity index (χ2v) is 5.10. The van der Waals surface area contributed by atoms with E-state index in [1.54, 1.807) is 0 Å². The molecule has 0 spiro atoms. The number of rotatable bonds is 5. The zero-order chi connectivity index (χ0) is 13.0. The Kier molecular flexibility index (Phi) is 3.70. The molecule has 0 amide bonds. The maximum atomic E-state index is 11.1. The summed E-state index contributed by atoms with van der Waals surface area (Å²) in [5, 5.41) is 7.60. The molecule has 2 N–H and O–H groups in total. The average molecular weight is 268 g/mol. The molecule has 0 bridgehead atoms. The van der Waals surface area contributed by atoms with Gasteiger partial charge in [-0.25, -0.2) is 4.72 Å². The lowest BCUT2D eigenvalue weighted by Gasteiger charge is -2.00. The van der Waals surface area contributed by atoms with Crippen molar-refractivity contribution in [1.82, 2.24) is 19.6 Å². The predicted molar refractivity (Wildman–Crippen MR) is 64.6 cm³/mol. The van der Waals surface area contributed by atoms with Crippen molar-refractivity contribution in [2.45, 2.75) is 6.54 Å². The summed E-state index contributed by atoms with van der Waals surface area (Å²) in [6.07, 6.45) is 0. The van der Waals surface area contributed by atoms with Gasteiger partial charge in [0.25, 0.3) is 10.2 Å². The van der Waals surface area contributed by atoms with Crippen molar-refractivity contribution >= 4 is 10.2 Å². The lowest BCUT2D eigenvalue weighted by Crippen LogP contribution is -2.33. The summed E-state index contributed by atoms with van der Waals surface area (Å²) in [4.78, 5) is 0. The summed E-state index contributed by atoms with van der Waals surface area (Å²) in [5.41, 5.74) is 0.785. The standard InChI is InChI=1S/C10H12N4O3S/c1-11-18(15,16)12-7-9-13-14-10(17-9)8-5-3-2-4-6-8/h2-6,11-12H,7H2,1H3. The van der Waals surface area contributed by atoms with Crippen LogP contribution >= 0.6 is 0 Å². The number of nitrogens with zero attached hydrogens (tertiary/aromatic N) is 2. The SMILES string of the molecule is CNS(=O)(=O)NCc1nnc(-c2ccccc2)o1. The van der Waals surface area contributed by atoms with E-state index in [4.69, 9.17) is 4.42 Å². The van der Waals surface area contributed by atoms with Crippen LogP contribution in [0.2, 0.25) is 0 Å². The van der Waals surface area contributed by atoms with Gasteiger partial charge in [0.2, 0.25) is 11.8 Å². The quantitative estimate of drug-likeness (QED) is 0.812. The van der Waals surface area contributed by atoms with Crippen LogP contribution in [0.5, 0.6) is 0 Å². The van der Waals surface area contributed by atoms with E-state index < -0.39 is 10.2 Å². The smallest absolute Gasteiger partial charge is 0.277 e. The lowest BCUT2D eigenvalue weighted by atomic mass is 10.2. The topological polar surface area (TPSA) is 97.1 Å². The third-order valence-corrected chi connectivity index (χ3v) is 3.23. The molecule has 2 rings (SSSR count). The number of aromatic nitrogens is 2. The lowest BCUT2D eigenvalue weighted by molar-refractivity contribution is 0.493. The molecule has 0 aliphatic rings. The second kappa shape index (κ2) is 5.25. The highest BCUT2D eigenvalue weighted by atomic mass is 32.2. The van der Waals surface area contributed by atoms with Crippen LogP contribution in [0.15, 0.2) is 34.7 Å². The Morgan fingerprint density at radius 3 is 2.61 bits per heavy atom. The highest BCUT2D eigenvalue weighted by molar-refractivity contribution is 7.87. The van der Waals surface area contributed by atoms with Gasteiger partial charge in [-0.05, 0) is 12.1 Å². The second-order valence-electron chi connectivity index (χ2n) is 3.40. The normalized spacial score (nSPS) is 11.6. The molecule has 0 radical (unpaired) electrons. The summed E-state index contributed by atoms with van der Waals surface area (Å²) in [5.74, 6) is 0.557. The van der Waals surface area contributed by atoms with E-state index >= 15 is 0 Å². The zero-order valence-corrected chi connectivity index (χ0v) is 10.4. The molecule has 1 heterocycles. The molecular formula is C10H12N4O3S. The fourth-order valence-corrected chi connectivity index (χ4v) is 1.71. The Morgan fingerprint density at radius 2 is 1.94 bits per heavy atom. The first-order valence-electron chi connectivity index (χ1n) is 5.16. The van der Waals surface area contributed by atoms with Gasteiger partial charge in [0.15, 0.2) is 0 Å². The summed E-state index contributed by atoms with van der Waals surface area (Å²) in [6, 6.07) is 9.23. The van der Waals surface area contributed by atoms with Crippen LogP contribution in [0.25, 0.3) is 11.5 Å². The predicted octanol–water partition coefficient (Wildman–Crippen LogP) is 0.290. The van der Waals surface area contributed by atoms with Gasteiger partial charge >= 0.3 is 0 Å². The van der Waals surface area contributed by atoms with E-state index in [0.717, 1.165) is 5.56 Å². The minimum absolute atomic E-state index is 0.0526. The molecule has 18 heavy (non-hydrogen) atoms. The van der Waals surface area contributed by atoms with E-state index in [1.807, 2.05) is 30.3 Å². The third kappa shape index (κ3) is 3.13. The molecule has 1 aromatic carbocycles. The first-order chi connectivity index (χ1) is 8.61. The highest BCUT2D eigenvalue weighted by Crippen LogP contribution is 2.16. The Morgan fingerprint density at radius 1 is 1.22 bits per heavy atom. The van der Waals surface area contributed by atoms with Crippen LogP contribution in [0, 0.1) is 0 Å². The molecule has 0 saturated heterocycles. The van der Waals surface area contributed by atoms with Crippen molar-refractivity contribution < 1.29 is 12.8 Å². The van der Waals surface area contributed by atoms with Gasteiger partial charge in [-0.3, -0.25) is 0 Å². The first kappa shape index (κ1) is 12.7. The summed E-state index contributed by atoms with van der Waals surface area (Å²) >= 11 is 0. The number of hydrogen-bond donors (Lipinski definition) is 2. The molecule has 2 aromatic rings. The van der Waals surface area contributed by atoms with Crippen molar-refractivity contribution in [2.75, 3.05) is 7.05 Å². The van der Waals surface area contributed by atoms with Gasteiger partial charge in [-0.15, -0.1) is 10.2 Å². The fraction of sp³-hybridized carbons (Fsp3) is 0.200. The molecule has 0 aliphatic carbocycles. The van der Waals surface area contributed by atoms with Crippen LogP contribution in [-0.4, -0.2) is 25.7 Å². The molecule has 1 aromatic heterocycles. The van der Waals surface area contributed by atoms with Crippen LogP contribution < -0.4 is 9.44 Å². The Hall–Kier alpha value is -1.77. The maximum Gasteiger partial charge on any atom is 0.277 e. The van der Waals surface area contributed by atoms with E-state index in [0.29, 0.717) is 5.89 Å². The van der Waals surface area contributed by atoms with Crippen LogP contribution in [0.1, 0.15) is 5.89 Å². The van der Waals surface area contributed by atoms with Gasteiger partial charge in [0.1, 0.15) is 0 Å². The average Bonchev–Trinajstić information content (AvgIpc) is 2.86. The molecular weight excluding hydrogens is 256 g/mol. The van der Waals surface area contributed by atoms with Crippen molar-refractivity contribution in [3.8, 4) is 11.5 Å². The van der Waals surface area contributed by atoms with Crippen molar-refractivity contribution in [3.05, 3.63) is 36.2 Å². The van der Waals surface area contributed by atoms with E-state index in [2.05, 4.69) is 19.6 Å². The van der Waals surface area contributed by atoms with E-state index in [9.17, 15) is 8.42 Å². The molecule has 0 aliphatic heterocycles. The van der Waals surface area contributed by atoms with Crippen molar-refractivity contribution in [3.63, 3.8) is 0 Å². The molecule has 0 saturated carbocycles. The van der Waals surface area contributed by atoms with Crippen molar-refractivity contribution in [1.29, 1.82) is 0 Å². The van der Waals surface area contributed by atoms with Gasteiger partial charge in [0, 0.05) is 12.6 Å². The number of benzene rings is 1. The van der Waals surface area contributed by atoms with Crippen molar-refractivity contribution in [2.24, 2.45) is 0 Å². The Bertz CT molecular complexity index is 609. The molecule has 0 atom stereocenters. The molecule has 7 nitrogen and oxygen atoms in total. The minimum atomic E-state index is -3.50. The Balaban J connectivity index is 2.08. The zero-order valence-electron chi connectivity index (χ0n) is 9.62. The summed E-state index contributed by atoms with van der Waals surface area (Å²) < 4.78 is 32.0. The van der Waals surface area contributed by atoms with Gasteiger partial charge in [-0.1, -0.05) is 18.2 Å². The maximum absolute atomic E-state index is 11.1. The highest BCUT2D eigenvalue weighted by Gasteiger charge is 2.11. The summed E-state index contributed by atoms with van der Waals surface area (Å²) in [7, 11) is -2.19. The van der Waals surface area contributed by atoms with Crippen LogP contribution in [0.4, 0.5) is 0 Å². The van der Waals surface area contributed by atoms with Crippen LogP contribution in [-0.2, 0) is 16.8 Å². The fourth-order valence-electron chi connectivity index (χ4n) is 1.25. The molecule has 0 unspecified atom stereocenters. The van der Waals surface area contributed by atoms with Gasteiger partial charge in [-0.2, -0.15) is 13.1 Å². The molecule has 8 heteroatoms. The number of nitrogens with one attached hydrogen (secondary N) is 2. The molecule has 96 valence electrons. The van der Waals surface area contributed by atoms with Gasteiger partial charge in [0.05, 0.1) is 6.54 Å². The van der Waals surface area contributed by atoms with Gasteiger partial charge < -0.3 is 4.42 Å². The largest absolute Gasteiger partial charge is 0.419 e. The minimum Gasteiger partial charge on any atom is -0.419 e. The first-order valence-corrected chi connectivity index (χ1v) is 6.65. The summed E-state index contributed by atoms with van der Waals surface area (Å²) in [6.45, 7) is -0.0526. The van der Waals surface area contributed by atoms with Crippen LogP contribution in [0.3, 0.4) is 0 Å².